The minimum absolute atomic E-state index is 0.422. The van der Waals surface area contributed by atoms with Gasteiger partial charge in [0.25, 0.3) is 0 Å². The average Bonchev–Trinajstić information content (AvgIpc) is 2.23. The van der Waals surface area contributed by atoms with Crippen molar-refractivity contribution >= 4 is 0 Å². The zero-order valence-corrected chi connectivity index (χ0v) is 10.3. The Labute approximate surface area is 94.2 Å². The number of rotatable bonds is 6. The smallest absolute Gasteiger partial charge is 0.00450 e. The van der Waals surface area contributed by atoms with Gasteiger partial charge in [0.05, 0.1) is 0 Å². The van der Waals surface area contributed by atoms with Gasteiger partial charge in [-0.15, -0.1) is 0 Å². The lowest BCUT2D eigenvalue weighted by Crippen LogP contribution is -2.40. The lowest BCUT2D eigenvalue weighted by molar-refractivity contribution is 0.230. The molecule has 0 aromatic carbocycles. The predicted octanol–water partition coefficient (Wildman–Crippen LogP) is 0.949. The molecule has 0 aromatic heterocycles. The van der Waals surface area contributed by atoms with Crippen LogP contribution in [0.5, 0.6) is 0 Å². The van der Waals surface area contributed by atoms with Crippen molar-refractivity contribution in [3.05, 3.63) is 0 Å². The summed E-state index contributed by atoms with van der Waals surface area (Å²) in [4.78, 5) is 0. The normalized spacial score (nSPS) is 31.8. The minimum atomic E-state index is 0.422. The zero-order chi connectivity index (χ0) is 11.1. The maximum atomic E-state index is 6.10. The lowest BCUT2D eigenvalue weighted by Gasteiger charge is -2.33. The fraction of sp³-hybridized carbons (Fsp3) is 1.00. The highest BCUT2D eigenvalue weighted by atomic mass is 14.9. The Morgan fingerprint density at radius 2 is 1.40 bits per heavy atom. The highest BCUT2D eigenvalue weighted by molar-refractivity contribution is 4.82. The first-order valence-electron chi connectivity index (χ1n) is 6.43. The molecule has 4 N–H and O–H groups in total. The third-order valence-electron chi connectivity index (χ3n) is 3.30. The summed E-state index contributed by atoms with van der Waals surface area (Å²) in [5, 5.41) is 6.88. The van der Waals surface area contributed by atoms with Gasteiger partial charge in [-0.1, -0.05) is 13.8 Å². The van der Waals surface area contributed by atoms with Crippen molar-refractivity contribution in [2.24, 2.45) is 17.6 Å². The molecule has 3 nitrogen and oxygen atoms in total. The van der Waals surface area contributed by atoms with Crippen molar-refractivity contribution in [2.45, 2.75) is 39.2 Å². The number of nitrogens with two attached hydrogens (primary N) is 1. The summed E-state index contributed by atoms with van der Waals surface area (Å²) in [7, 11) is 0. The van der Waals surface area contributed by atoms with Crippen LogP contribution in [0.2, 0.25) is 0 Å². The Morgan fingerprint density at radius 1 is 0.933 bits per heavy atom. The number of hydrogen-bond donors (Lipinski definition) is 3. The molecule has 1 fully saturated rings. The molecule has 0 spiro atoms. The van der Waals surface area contributed by atoms with Gasteiger partial charge in [-0.2, -0.15) is 0 Å². The summed E-state index contributed by atoms with van der Waals surface area (Å²) in [6.45, 7) is 8.77. The van der Waals surface area contributed by atoms with Gasteiger partial charge in [0.15, 0.2) is 0 Å². The molecule has 3 heteroatoms. The number of hydrogen-bond acceptors (Lipinski definition) is 3. The topological polar surface area (TPSA) is 50.1 Å². The second-order valence-corrected chi connectivity index (χ2v) is 4.81. The van der Waals surface area contributed by atoms with Crippen LogP contribution in [0.15, 0.2) is 0 Å². The summed E-state index contributed by atoms with van der Waals surface area (Å²) >= 11 is 0. The van der Waals surface area contributed by atoms with Gasteiger partial charge < -0.3 is 16.4 Å². The van der Waals surface area contributed by atoms with Crippen LogP contribution in [-0.4, -0.2) is 32.2 Å². The van der Waals surface area contributed by atoms with E-state index in [9.17, 15) is 0 Å². The second-order valence-electron chi connectivity index (χ2n) is 4.81. The van der Waals surface area contributed by atoms with Crippen LogP contribution < -0.4 is 16.4 Å². The van der Waals surface area contributed by atoms with E-state index in [0.717, 1.165) is 38.0 Å². The molecule has 1 aliphatic rings. The lowest BCUT2D eigenvalue weighted by atomic mass is 9.78. The van der Waals surface area contributed by atoms with Crippen LogP contribution in [0.1, 0.15) is 33.1 Å². The Kier molecular flexibility index (Phi) is 6.22. The van der Waals surface area contributed by atoms with Crippen LogP contribution >= 0.6 is 0 Å². The van der Waals surface area contributed by atoms with Crippen LogP contribution in [-0.2, 0) is 0 Å². The summed E-state index contributed by atoms with van der Waals surface area (Å²) < 4.78 is 0. The van der Waals surface area contributed by atoms with Crippen LogP contribution in [0, 0.1) is 11.8 Å². The van der Waals surface area contributed by atoms with E-state index in [-0.39, 0.29) is 0 Å². The molecule has 0 aliphatic heterocycles. The molecule has 90 valence electrons. The van der Waals surface area contributed by atoms with Crippen LogP contribution in [0.25, 0.3) is 0 Å². The van der Waals surface area contributed by atoms with E-state index in [0.29, 0.717) is 6.04 Å². The SMILES string of the molecule is CCNCC1CC(N)CC(CNCC)C1. The van der Waals surface area contributed by atoms with Gasteiger partial charge in [-0.05, 0) is 57.3 Å². The van der Waals surface area contributed by atoms with Gasteiger partial charge in [0.2, 0.25) is 0 Å². The molecule has 0 amide bonds. The Balaban J connectivity index is 2.27. The maximum absolute atomic E-state index is 6.10. The Morgan fingerprint density at radius 3 is 1.80 bits per heavy atom. The van der Waals surface area contributed by atoms with E-state index in [4.69, 9.17) is 5.73 Å². The average molecular weight is 213 g/mol. The predicted molar refractivity (Wildman–Crippen MR) is 65.9 cm³/mol. The van der Waals surface area contributed by atoms with Crippen molar-refractivity contribution < 1.29 is 0 Å². The molecule has 0 radical (unpaired) electrons. The molecule has 2 unspecified atom stereocenters. The third kappa shape index (κ3) is 4.96. The molecule has 1 rings (SSSR count). The fourth-order valence-corrected chi connectivity index (χ4v) is 2.65. The fourth-order valence-electron chi connectivity index (χ4n) is 2.65. The highest BCUT2D eigenvalue weighted by Gasteiger charge is 2.25. The first-order chi connectivity index (χ1) is 7.26. The van der Waals surface area contributed by atoms with Crippen LogP contribution in [0.4, 0.5) is 0 Å². The second kappa shape index (κ2) is 7.20. The van der Waals surface area contributed by atoms with Crippen molar-refractivity contribution in [1.82, 2.24) is 10.6 Å². The third-order valence-corrected chi connectivity index (χ3v) is 3.30. The van der Waals surface area contributed by atoms with Crippen molar-refractivity contribution in [3.8, 4) is 0 Å². The van der Waals surface area contributed by atoms with E-state index in [2.05, 4.69) is 24.5 Å². The van der Waals surface area contributed by atoms with Gasteiger partial charge in [0.1, 0.15) is 0 Å². The molecular weight excluding hydrogens is 186 g/mol. The van der Waals surface area contributed by atoms with E-state index in [1.165, 1.54) is 19.3 Å². The van der Waals surface area contributed by atoms with Crippen molar-refractivity contribution in [2.75, 3.05) is 26.2 Å². The summed E-state index contributed by atoms with van der Waals surface area (Å²) in [6, 6.07) is 0.422. The largest absolute Gasteiger partial charge is 0.328 e. The molecule has 0 aromatic rings. The maximum Gasteiger partial charge on any atom is 0.00450 e. The quantitative estimate of drug-likeness (QED) is 0.616. The van der Waals surface area contributed by atoms with Crippen LogP contribution in [0.3, 0.4) is 0 Å². The van der Waals surface area contributed by atoms with E-state index in [1.54, 1.807) is 0 Å². The molecule has 1 aliphatic carbocycles. The summed E-state index contributed by atoms with van der Waals surface area (Å²) in [5.74, 6) is 1.58. The summed E-state index contributed by atoms with van der Waals surface area (Å²) in [6.07, 6.45) is 3.75. The monoisotopic (exact) mass is 213 g/mol. The van der Waals surface area contributed by atoms with Crippen molar-refractivity contribution in [1.29, 1.82) is 0 Å². The van der Waals surface area contributed by atoms with E-state index in [1.807, 2.05) is 0 Å². The Hall–Kier alpha value is -0.120. The number of nitrogens with one attached hydrogen (secondary N) is 2. The van der Waals surface area contributed by atoms with Crippen molar-refractivity contribution in [3.63, 3.8) is 0 Å². The molecule has 2 atom stereocenters. The van der Waals surface area contributed by atoms with Gasteiger partial charge in [-0.3, -0.25) is 0 Å². The first-order valence-corrected chi connectivity index (χ1v) is 6.43. The molecule has 1 saturated carbocycles. The van der Waals surface area contributed by atoms with Gasteiger partial charge in [0, 0.05) is 6.04 Å². The highest BCUT2D eigenvalue weighted by Crippen LogP contribution is 2.27. The molecular formula is C12H27N3. The molecule has 0 saturated heterocycles. The molecule has 0 bridgehead atoms. The standard InChI is InChI=1S/C12H27N3/c1-3-14-8-10-5-11(9-15-4-2)7-12(13)6-10/h10-12,14-15H,3-9,13H2,1-2H3. The van der Waals surface area contributed by atoms with E-state index >= 15 is 0 Å². The molecule has 0 heterocycles. The van der Waals surface area contributed by atoms with E-state index < -0.39 is 0 Å². The first kappa shape index (κ1) is 12.9. The zero-order valence-electron chi connectivity index (χ0n) is 10.3. The summed E-state index contributed by atoms with van der Waals surface area (Å²) in [5.41, 5.74) is 6.10. The Bertz CT molecular complexity index is 145. The van der Waals surface area contributed by atoms with Gasteiger partial charge >= 0.3 is 0 Å². The minimum Gasteiger partial charge on any atom is -0.328 e. The van der Waals surface area contributed by atoms with Gasteiger partial charge in [-0.25, -0.2) is 0 Å². The molecule has 15 heavy (non-hydrogen) atoms.